The molecule has 1 unspecified atom stereocenters. The van der Waals surface area contributed by atoms with Gasteiger partial charge >= 0.3 is 0 Å². The van der Waals surface area contributed by atoms with E-state index in [0.29, 0.717) is 0 Å². The second-order valence-electron chi connectivity index (χ2n) is 5.49. The number of nitrogens with one attached hydrogen (secondary N) is 3. The molecule has 1 aliphatic heterocycles. The number of hydrogen-bond acceptors (Lipinski definition) is 3. The predicted molar refractivity (Wildman–Crippen MR) is 69.1 cm³/mol. The molecule has 0 spiro atoms. The molecule has 1 aliphatic carbocycles. The Bertz CT molecular complexity index is 318. The maximum absolute atomic E-state index is 12.5. The molecule has 1 saturated heterocycles. The zero-order valence-corrected chi connectivity index (χ0v) is 11.1. The first-order valence-corrected chi connectivity index (χ1v) is 6.93. The fourth-order valence-corrected chi connectivity index (χ4v) is 3.00. The van der Waals surface area contributed by atoms with Gasteiger partial charge in [0.05, 0.1) is 0 Å². The van der Waals surface area contributed by atoms with Crippen molar-refractivity contribution < 1.29 is 9.59 Å². The summed E-state index contributed by atoms with van der Waals surface area (Å²) in [7, 11) is 0. The van der Waals surface area contributed by atoms with Crippen molar-refractivity contribution in [3.63, 3.8) is 0 Å². The van der Waals surface area contributed by atoms with Crippen LogP contribution in [0.25, 0.3) is 0 Å². The Kier molecular flexibility index (Phi) is 4.22. The summed E-state index contributed by atoms with van der Waals surface area (Å²) in [5.41, 5.74) is -0.660. The Labute approximate surface area is 108 Å². The van der Waals surface area contributed by atoms with Crippen LogP contribution in [0.5, 0.6) is 0 Å². The third kappa shape index (κ3) is 3.02. The van der Waals surface area contributed by atoms with Gasteiger partial charge in [0, 0.05) is 19.5 Å². The van der Waals surface area contributed by atoms with E-state index in [1.807, 2.05) is 0 Å². The topological polar surface area (TPSA) is 70.2 Å². The Balaban J connectivity index is 2.02. The van der Waals surface area contributed by atoms with Crippen molar-refractivity contribution in [1.82, 2.24) is 16.0 Å². The lowest BCUT2D eigenvalue weighted by atomic mass is 9.80. The van der Waals surface area contributed by atoms with Gasteiger partial charge < -0.3 is 16.0 Å². The molecule has 1 saturated carbocycles. The largest absolute Gasteiger partial charge is 0.350 e. The predicted octanol–water partition coefficient (Wildman–Crippen LogP) is 0.303. The number of rotatable bonds is 3. The third-order valence-electron chi connectivity index (χ3n) is 3.95. The molecule has 0 radical (unpaired) electrons. The Morgan fingerprint density at radius 3 is 2.50 bits per heavy atom. The Morgan fingerprint density at radius 1 is 1.22 bits per heavy atom. The van der Waals surface area contributed by atoms with Gasteiger partial charge in [-0.25, -0.2) is 0 Å². The maximum Gasteiger partial charge on any atom is 0.246 e. The van der Waals surface area contributed by atoms with E-state index in [4.69, 9.17) is 0 Å². The third-order valence-corrected chi connectivity index (χ3v) is 3.95. The van der Waals surface area contributed by atoms with Crippen molar-refractivity contribution in [2.75, 3.05) is 13.1 Å². The van der Waals surface area contributed by atoms with Gasteiger partial charge in [-0.1, -0.05) is 19.3 Å². The van der Waals surface area contributed by atoms with Crippen LogP contribution in [0.1, 0.15) is 45.4 Å². The van der Waals surface area contributed by atoms with E-state index in [9.17, 15) is 9.59 Å². The van der Waals surface area contributed by atoms with Crippen LogP contribution in [0.3, 0.4) is 0 Å². The lowest BCUT2D eigenvalue weighted by Crippen LogP contribution is -2.61. The van der Waals surface area contributed by atoms with Crippen molar-refractivity contribution in [3.8, 4) is 0 Å². The summed E-state index contributed by atoms with van der Waals surface area (Å²) in [6, 6.07) is 0.213. The molecule has 1 atom stereocenters. The molecule has 0 aromatic heterocycles. The molecule has 2 amide bonds. The molecule has 5 nitrogen and oxygen atoms in total. The summed E-state index contributed by atoms with van der Waals surface area (Å²) >= 11 is 0. The molecular formula is C13H23N3O2. The van der Waals surface area contributed by atoms with Crippen LogP contribution >= 0.6 is 0 Å². The van der Waals surface area contributed by atoms with Crippen LogP contribution in [0.2, 0.25) is 0 Å². The van der Waals surface area contributed by atoms with Crippen molar-refractivity contribution >= 4 is 11.8 Å². The minimum Gasteiger partial charge on any atom is -0.350 e. The van der Waals surface area contributed by atoms with Gasteiger partial charge in [-0.2, -0.15) is 0 Å². The van der Waals surface area contributed by atoms with Crippen LogP contribution < -0.4 is 16.0 Å². The minimum atomic E-state index is -0.660. The standard InChI is InChI=1S/C13H23N3O2/c1-10(17)16-13(6-3-2-4-7-13)12(18)15-11-5-8-14-9-11/h11,14H,2-9H2,1H3,(H,15,18)(H,16,17). The normalized spacial score (nSPS) is 26.6. The Hall–Kier alpha value is -1.10. The van der Waals surface area contributed by atoms with E-state index in [-0.39, 0.29) is 17.9 Å². The van der Waals surface area contributed by atoms with Gasteiger partial charge in [0.25, 0.3) is 0 Å². The summed E-state index contributed by atoms with van der Waals surface area (Å²) in [5, 5.41) is 9.21. The molecule has 3 N–H and O–H groups in total. The maximum atomic E-state index is 12.5. The first kappa shape index (κ1) is 13.3. The first-order valence-electron chi connectivity index (χ1n) is 6.93. The van der Waals surface area contributed by atoms with Crippen molar-refractivity contribution in [2.45, 2.75) is 57.0 Å². The fraction of sp³-hybridized carbons (Fsp3) is 0.846. The van der Waals surface area contributed by atoms with Crippen LogP contribution in [0.4, 0.5) is 0 Å². The van der Waals surface area contributed by atoms with Crippen LogP contribution in [-0.2, 0) is 9.59 Å². The summed E-state index contributed by atoms with van der Waals surface area (Å²) in [4.78, 5) is 23.8. The van der Waals surface area contributed by atoms with Crippen molar-refractivity contribution in [2.24, 2.45) is 0 Å². The fourth-order valence-electron chi connectivity index (χ4n) is 3.00. The zero-order chi connectivity index (χ0) is 13.0. The molecule has 2 fully saturated rings. The molecular weight excluding hydrogens is 230 g/mol. The van der Waals surface area contributed by atoms with Gasteiger partial charge in [0.15, 0.2) is 0 Å². The Morgan fingerprint density at radius 2 is 1.94 bits per heavy atom. The van der Waals surface area contributed by atoms with E-state index >= 15 is 0 Å². The number of hydrogen-bond donors (Lipinski definition) is 3. The van der Waals surface area contributed by atoms with Crippen molar-refractivity contribution in [1.29, 1.82) is 0 Å². The number of carbonyl (C=O) groups excluding carboxylic acids is 2. The number of amides is 2. The first-order chi connectivity index (χ1) is 8.62. The van der Waals surface area contributed by atoms with Crippen molar-refractivity contribution in [3.05, 3.63) is 0 Å². The quantitative estimate of drug-likeness (QED) is 0.677. The van der Waals surface area contributed by atoms with E-state index in [1.54, 1.807) is 0 Å². The van der Waals surface area contributed by atoms with Crippen LogP contribution in [0.15, 0.2) is 0 Å². The minimum absolute atomic E-state index is 0.00565. The lowest BCUT2D eigenvalue weighted by molar-refractivity contribution is -0.134. The smallest absolute Gasteiger partial charge is 0.246 e. The molecule has 5 heteroatoms. The second-order valence-corrected chi connectivity index (χ2v) is 5.49. The van der Waals surface area contributed by atoms with Crippen LogP contribution in [0, 0.1) is 0 Å². The summed E-state index contributed by atoms with van der Waals surface area (Å²) in [6.07, 6.45) is 5.67. The molecule has 1 heterocycles. The summed E-state index contributed by atoms with van der Waals surface area (Å²) in [6.45, 7) is 3.28. The summed E-state index contributed by atoms with van der Waals surface area (Å²) in [5.74, 6) is -0.109. The molecule has 0 aromatic carbocycles. The van der Waals surface area contributed by atoms with Gasteiger partial charge in [-0.05, 0) is 25.8 Å². The average molecular weight is 253 g/mol. The van der Waals surface area contributed by atoms with Gasteiger partial charge in [0.1, 0.15) is 5.54 Å². The highest BCUT2D eigenvalue weighted by Gasteiger charge is 2.41. The molecule has 2 aliphatic rings. The van der Waals surface area contributed by atoms with E-state index in [2.05, 4.69) is 16.0 Å². The number of carbonyl (C=O) groups is 2. The highest BCUT2D eigenvalue weighted by molar-refractivity contribution is 5.91. The molecule has 0 aromatic rings. The SMILES string of the molecule is CC(=O)NC1(C(=O)NC2CCNC2)CCCCC1. The monoisotopic (exact) mass is 253 g/mol. The zero-order valence-electron chi connectivity index (χ0n) is 11.1. The highest BCUT2D eigenvalue weighted by atomic mass is 16.2. The molecule has 102 valence electrons. The van der Waals surface area contributed by atoms with E-state index in [1.165, 1.54) is 6.92 Å². The summed E-state index contributed by atoms with van der Waals surface area (Å²) < 4.78 is 0. The van der Waals surface area contributed by atoms with Crippen LogP contribution in [-0.4, -0.2) is 36.5 Å². The van der Waals surface area contributed by atoms with E-state index < -0.39 is 5.54 Å². The van der Waals surface area contributed by atoms with E-state index in [0.717, 1.165) is 51.6 Å². The average Bonchev–Trinajstić information content (AvgIpc) is 2.82. The highest BCUT2D eigenvalue weighted by Crippen LogP contribution is 2.28. The lowest BCUT2D eigenvalue weighted by Gasteiger charge is -2.37. The van der Waals surface area contributed by atoms with Gasteiger partial charge in [-0.15, -0.1) is 0 Å². The van der Waals surface area contributed by atoms with Gasteiger partial charge in [-0.3, -0.25) is 9.59 Å². The van der Waals surface area contributed by atoms with Gasteiger partial charge in [0.2, 0.25) is 11.8 Å². The molecule has 2 rings (SSSR count). The molecule has 0 bridgehead atoms. The second kappa shape index (κ2) is 5.69. The molecule has 18 heavy (non-hydrogen) atoms.